The Morgan fingerprint density at radius 2 is 2.04 bits per heavy atom. The number of nitriles is 2. The van der Waals surface area contributed by atoms with Crippen LogP contribution in [0, 0.1) is 22.7 Å². The van der Waals surface area contributed by atoms with E-state index >= 15 is 0 Å². The third-order valence-electron chi connectivity index (χ3n) is 3.33. The molecule has 0 fully saturated rings. The van der Waals surface area contributed by atoms with Crippen molar-refractivity contribution in [2.75, 3.05) is 18.2 Å². The summed E-state index contributed by atoms with van der Waals surface area (Å²) in [6.07, 6.45) is 0. The molecule has 2 aromatic rings. The van der Waals surface area contributed by atoms with E-state index < -0.39 is 5.25 Å². The minimum absolute atomic E-state index is 0.0121. The van der Waals surface area contributed by atoms with Crippen molar-refractivity contribution in [3.05, 3.63) is 40.4 Å². The summed E-state index contributed by atoms with van der Waals surface area (Å²) in [7, 11) is 1.49. The number of halogens is 1. The summed E-state index contributed by atoms with van der Waals surface area (Å²) >= 11 is 7.02. The van der Waals surface area contributed by atoms with Crippen LogP contribution < -0.4 is 15.8 Å². The van der Waals surface area contributed by atoms with Crippen LogP contribution in [0.5, 0.6) is 5.75 Å². The number of hydrogen-bond donors (Lipinski definition) is 2. The fourth-order valence-electron chi connectivity index (χ4n) is 2.00. The number of amides is 1. The van der Waals surface area contributed by atoms with E-state index in [0.717, 1.165) is 11.8 Å². The van der Waals surface area contributed by atoms with Gasteiger partial charge in [-0.15, -0.1) is 0 Å². The second kappa shape index (κ2) is 8.43. The van der Waals surface area contributed by atoms with E-state index in [2.05, 4.69) is 10.3 Å². The van der Waals surface area contributed by atoms with Crippen LogP contribution in [0.2, 0.25) is 5.02 Å². The number of rotatable bonds is 5. The van der Waals surface area contributed by atoms with Gasteiger partial charge in [-0.3, -0.25) is 4.79 Å². The Kier molecular flexibility index (Phi) is 6.29. The van der Waals surface area contributed by atoms with Gasteiger partial charge in [0, 0.05) is 5.02 Å². The summed E-state index contributed by atoms with van der Waals surface area (Å²) in [4.78, 5) is 16.5. The largest absolute Gasteiger partial charge is 0.495 e. The molecule has 1 amide bonds. The zero-order chi connectivity index (χ0) is 19.3. The lowest BCUT2D eigenvalue weighted by atomic mass is 10.2. The topological polar surface area (TPSA) is 125 Å². The van der Waals surface area contributed by atoms with Gasteiger partial charge in [-0.1, -0.05) is 23.4 Å². The molecular formula is C17H14ClN5O2S. The second-order valence-corrected chi connectivity index (χ2v) is 6.86. The molecule has 1 atom stereocenters. The Morgan fingerprint density at radius 3 is 2.65 bits per heavy atom. The molecule has 0 aliphatic rings. The summed E-state index contributed by atoms with van der Waals surface area (Å²) in [6.45, 7) is 1.66. The Labute approximate surface area is 159 Å². The molecule has 1 heterocycles. The molecule has 26 heavy (non-hydrogen) atoms. The first-order chi connectivity index (χ1) is 12.4. The lowest BCUT2D eigenvalue weighted by Gasteiger charge is -2.15. The smallest absolute Gasteiger partial charge is 0.237 e. The van der Waals surface area contributed by atoms with Crippen molar-refractivity contribution in [3.63, 3.8) is 0 Å². The zero-order valence-electron chi connectivity index (χ0n) is 13.9. The minimum Gasteiger partial charge on any atom is -0.495 e. The summed E-state index contributed by atoms with van der Waals surface area (Å²) in [6, 6.07) is 10.1. The van der Waals surface area contributed by atoms with Gasteiger partial charge in [-0.05, 0) is 31.2 Å². The minimum atomic E-state index is -0.592. The summed E-state index contributed by atoms with van der Waals surface area (Å²) in [5, 5.41) is 21.1. The van der Waals surface area contributed by atoms with E-state index in [0.29, 0.717) is 16.5 Å². The molecule has 0 saturated heterocycles. The Balaban J connectivity index is 2.21. The maximum absolute atomic E-state index is 12.5. The van der Waals surface area contributed by atoms with E-state index in [1.807, 2.05) is 12.1 Å². The molecule has 1 aromatic heterocycles. The van der Waals surface area contributed by atoms with Crippen LogP contribution in [-0.2, 0) is 4.79 Å². The molecule has 7 nitrogen and oxygen atoms in total. The van der Waals surface area contributed by atoms with Gasteiger partial charge in [0.2, 0.25) is 5.91 Å². The Morgan fingerprint density at radius 1 is 1.35 bits per heavy atom. The first kappa shape index (κ1) is 19.4. The highest BCUT2D eigenvalue weighted by Crippen LogP contribution is 2.31. The number of pyridine rings is 1. The first-order valence-corrected chi connectivity index (χ1v) is 8.57. The van der Waals surface area contributed by atoms with E-state index in [1.165, 1.54) is 13.2 Å². The Hall–Kier alpha value is -2.94. The number of nitrogen functional groups attached to an aromatic ring is 1. The summed E-state index contributed by atoms with van der Waals surface area (Å²) < 4.78 is 5.19. The van der Waals surface area contributed by atoms with Crippen LogP contribution in [0.25, 0.3) is 0 Å². The first-order valence-electron chi connectivity index (χ1n) is 7.31. The van der Waals surface area contributed by atoms with Crippen LogP contribution in [0.1, 0.15) is 18.1 Å². The number of anilines is 2. The molecule has 0 saturated carbocycles. The van der Waals surface area contributed by atoms with Crippen LogP contribution >= 0.6 is 23.4 Å². The van der Waals surface area contributed by atoms with Crippen molar-refractivity contribution in [1.29, 1.82) is 10.5 Å². The fourth-order valence-corrected chi connectivity index (χ4v) is 3.06. The molecule has 0 spiro atoms. The molecule has 3 N–H and O–H groups in total. The zero-order valence-corrected chi connectivity index (χ0v) is 15.5. The number of benzene rings is 1. The normalized spacial score (nSPS) is 11.1. The molecule has 0 unspecified atom stereocenters. The molecule has 0 aliphatic heterocycles. The van der Waals surface area contributed by atoms with Gasteiger partial charge in [-0.2, -0.15) is 10.5 Å². The molecule has 1 aromatic carbocycles. The van der Waals surface area contributed by atoms with E-state index in [9.17, 15) is 10.1 Å². The highest BCUT2D eigenvalue weighted by atomic mass is 35.5. The van der Waals surface area contributed by atoms with Crippen molar-refractivity contribution in [3.8, 4) is 17.9 Å². The number of hydrogen-bond acceptors (Lipinski definition) is 7. The van der Waals surface area contributed by atoms with Crippen LogP contribution in [-0.4, -0.2) is 23.3 Å². The van der Waals surface area contributed by atoms with Crippen molar-refractivity contribution >= 4 is 40.8 Å². The predicted octanol–water partition coefficient (Wildman–Crippen LogP) is 3.19. The number of ether oxygens (including phenoxy) is 1. The number of aromatic nitrogens is 1. The number of thioether (sulfide) groups is 1. The third-order valence-corrected chi connectivity index (χ3v) is 4.67. The van der Waals surface area contributed by atoms with Gasteiger partial charge in [-0.25, -0.2) is 4.98 Å². The summed E-state index contributed by atoms with van der Waals surface area (Å²) in [5.41, 5.74) is 6.43. The van der Waals surface area contributed by atoms with Crippen molar-refractivity contribution in [2.45, 2.75) is 17.2 Å². The number of methoxy groups -OCH3 is 1. The Bertz CT molecular complexity index is 936. The maximum Gasteiger partial charge on any atom is 0.237 e. The second-order valence-electron chi connectivity index (χ2n) is 5.09. The van der Waals surface area contributed by atoms with Gasteiger partial charge in [0.25, 0.3) is 0 Å². The van der Waals surface area contributed by atoms with Crippen molar-refractivity contribution < 1.29 is 9.53 Å². The van der Waals surface area contributed by atoms with Crippen LogP contribution in [0.4, 0.5) is 11.5 Å². The van der Waals surface area contributed by atoms with E-state index in [-0.39, 0.29) is 27.9 Å². The van der Waals surface area contributed by atoms with Crippen molar-refractivity contribution in [1.82, 2.24) is 4.98 Å². The number of nitrogens with zero attached hydrogens (tertiary/aromatic N) is 3. The van der Waals surface area contributed by atoms with E-state index in [4.69, 9.17) is 27.3 Å². The molecule has 0 radical (unpaired) electrons. The predicted molar refractivity (Wildman–Crippen MR) is 100 cm³/mol. The number of carbonyl (C=O) groups is 1. The van der Waals surface area contributed by atoms with Gasteiger partial charge in [0.1, 0.15) is 28.7 Å². The number of carbonyl (C=O) groups excluding carboxylic acids is 1. The van der Waals surface area contributed by atoms with Gasteiger partial charge >= 0.3 is 0 Å². The quantitative estimate of drug-likeness (QED) is 0.754. The van der Waals surface area contributed by atoms with Crippen LogP contribution in [0.3, 0.4) is 0 Å². The number of nitrogens with two attached hydrogens (primary N) is 1. The highest BCUT2D eigenvalue weighted by molar-refractivity contribution is 8.00. The van der Waals surface area contributed by atoms with Gasteiger partial charge < -0.3 is 15.8 Å². The maximum atomic E-state index is 12.5. The van der Waals surface area contributed by atoms with Crippen molar-refractivity contribution in [2.24, 2.45) is 0 Å². The highest BCUT2D eigenvalue weighted by Gasteiger charge is 2.20. The lowest BCUT2D eigenvalue weighted by Crippen LogP contribution is -2.23. The monoisotopic (exact) mass is 387 g/mol. The molecule has 2 rings (SSSR count). The lowest BCUT2D eigenvalue weighted by molar-refractivity contribution is -0.115. The molecule has 0 bridgehead atoms. The standard InChI is InChI=1S/C17H14ClN5O2S/c1-9(16(24)22-13-6-12(18)3-4-14(13)25-2)26-17-11(8-20)5-10(7-19)15(21)23-17/h3-6,9H,1-2H3,(H2,21,23)(H,22,24)/t9-/m0/s1. The average molecular weight is 388 g/mol. The molecule has 9 heteroatoms. The third kappa shape index (κ3) is 4.37. The summed E-state index contributed by atoms with van der Waals surface area (Å²) in [5.74, 6) is 0.153. The van der Waals surface area contributed by atoms with Gasteiger partial charge in [0.05, 0.1) is 29.2 Å². The van der Waals surface area contributed by atoms with Gasteiger partial charge in [0.15, 0.2) is 0 Å². The molecule has 0 aliphatic carbocycles. The van der Waals surface area contributed by atoms with Crippen LogP contribution in [0.15, 0.2) is 29.3 Å². The average Bonchev–Trinajstić information content (AvgIpc) is 2.62. The SMILES string of the molecule is COc1ccc(Cl)cc1NC(=O)[C@H](C)Sc1nc(N)c(C#N)cc1C#N. The fraction of sp³-hybridized carbons (Fsp3) is 0.176. The molecule has 132 valence electrons. The van der Waals surface area contributed by atoms with E-state index in [1.54, 1.807) is 25.1 Å². The molecular weight excluding hydrogens is 374 g/mol. The number of nitrogens with one attached hydrogen (secondary N) is 1.